The van der Waals surface area contributed by atoms with E-state index >= 15 is 0 Å². The van der Waals surface area contributed by atoms with E-state index in [1.54, 1.807) is 12.4 Å². The Hall–Kier alpha value is -1.92. The summed E-state index contributed by atoms with van der Waals surface area (Å²) in [4.78, 5) is 10.9. The van der Waals surface area contributed by atoms with E-state index in [-0.39, 0.29) is 10.8 Å². The maximum Gasteiger partial charge on any atom is 0.142 e. The van der Waals surface area contributed by atoms with Gasteiger partial charge in [0.1, 0.15) is 23.8 Å². The summed E-state index contributed by atoms with van der Waals surface area (Å²) in [5.74, 6) is 1.38. The molecule has 2 aromatic rings. The summed E-state index contributed by atoms with van der Waals surface area (Å²) in [6.07, 6.45) is 3.84. The van der Waals surface area contributed by atoms with Gasteiger partial charge >= 0.3 is 0 Å². The number of hydrogen-bond acceptors (Lipinski definition) is 5. The first kappa shape index (κ1) is 16.9. The molecule has 2 N–H and O–H groups in total. The predicted molar refractivity (Wildman–Crippen MR) is 95.1 cm³/mol. The summed E-state index contributed by atoms with van der Waals surface area (Å²) in [5, 5.41) is 6.61. The Kier molecular flexibility index (Phi) is 5.48. The van der Waals surface area contributed by atoms with Crippen molar-refractivity contribution in [2.24, 2.45) is 0 Å². The molecule has 7 heteroatoms. The molecule has 1 aliphatic heterocycles. The highest BCUT2D eigenvalue weighted by Gasteiger charge is 2.25. The van der Waals surface area contributed by atoms with Crippen LogP contribution in [0.5, 0.6) is 0 Å². The third kappa shape index (κ3) is 3.94. The quantitative estimate of drug-likeness (QED) is 0.839. The van der Waals surface area contributed by atoms with E-state index in [9.17, 15) is 4.39 Å². The van der Waals surface area contributed by atoms with Crippen molar-refractivity contribution in [2.75, 3.05) is 30.4 Å². The summed E-state index contributed by atoms with van der Waals surface area (Å²) in [6, 6.07) is 7.25. The van der Waals surface area contributed by atoms with E-state index in [1.165, 1.54) is 6.07 Å². The SMILES string of the molecule is CNc1cc(N2CCCC2CNCc2ccc(Cl)c(F)c2)ncn1. The fraction of sp³-hybridized carbons (Fsp3) is 0.412. The molecule has 1 fully saturated rings. The smallest absolute Gasteiger partial charge is 0.142 e. The Labute approximate surface area is 146 Å². The minimum Gasteiger partial charge on any atom is -0.373 e. The molecular formula is C17H21ClFN5. The van der Waals surface area contributed by atoms with E-state index in [4.69, 9.17) is 11.6 Å². The number of anilines is 2. The van der Waals surface area contributed by atoms with Gasteiger partial charge in [-0.15, -0.1) is 0 Å². The van der Waals surface area contributed by atoms with Crippen molar-refractivity contribution >= 4 is 23.2 Å². The van der Waals surface area contributed by atoms with E-state index in [0.29, 0.717) is 12.6 Å². The number of halogens is 2. The summed E-state index contributed by atoms with van der Waals surface area (Å²) >= 11 is 5.71. The lowest BCUT2D eigenvalue weighted by atomic mass is 10.2. The zero-order valence-corrected chi connectivity index (χ0v) is 14.4. The summed E-state index contributed by atoms with van der Waals surface area (Å²) in [6.45, 7) is 2.43. The van der Waals surface area contributed by atoms with Gasteiger partial charge < -0.3 is 15.5 Å². The predicted octanol–water partition coefficient (Wildman–Crippen LogP) is 3.07. The highest BCUT2D eigenvalue weighted by molar-refractivity contribution is 6.30. The standard InChI is InChI=1S/C17H21ClFN5/c1-20-16-8-17(23-11-22-16)24-6-2-3-13(24)10-21-9-12-4-5-14(18)15(19)7-12/h4-5,7-8,11,13,21H,2-3,6,9-10H2,1H3,(H,20,22,23). The van der Waals surface area contributed by atoms with Gasteiger partial charge in [0.25, 0.3) is 0 Å². The number of aromatic nitrogens is 2. The molecule has 128 valence electrons. The number of nitrogens with zero attached hydrogens (tertiary/aromatic N) is 3. The molecule has 24 heavy (non-hydrogen) atoms. The van der Waals surface area contributed by atoms with Crippen LogP contribution in [0, 0.1) is 5.82 Å². The molecule has 0 aliphatic carbocycles. The average Bonchev–Trinajstić information content (AvgIpc) is 3.06. The second kappa shape index (κ2) is 7.77. The van der Waals surface area contributed by atoms with Gasteiger partial charge in [0.15, 0.2) is 0 Å². The lowest BCUT2D eigenvalue weighted by molar-refractivity contribution is 0.567. The Bertz CT molecular complexity index is 696. The van der Waals surface area contributed by atoms with Crippen molar-refractivity contribution in [2.45, 2.75) is 25.4 Å². The third-order valence-corrected chi connectivity index (χ3v) is 4.58. The van der Waals surface area contributed by atoms with Gasteiger partial charge in [0.05, 0.1) is 5.02 Å². The number of benzene rings is 1. The van der Waals surface area contributed by atoms with Crippen LogP contribution in [0.3, 0.4) is 0 Å². The van der Waals surface area contributed by atoms with Crippen molar-refractivity contribution in [1.29, 1.82) is 0 Å². The van der Waals surface area contributed by atoms with Gasteiger partial charge in [0.2, 0.25) is 0 Å². The van der Waals surface area contributed by atoms with Crippen molar-refractivity contribution < 1.29 is 4.39 Å². The van der Waals surface area contributed by atoms with Crippen LogP contribution < -0.4 is 15.5 Å². The molecule has 0 bridgehead atoms. The second-order valence-corrected chi connectivity index (χ2v) is 6.29. The molecular weight excluding hydrogens is 329 g/mol. The maximum atomic E-state index is 13.5. The zero-order chi connectivity index (χ0) is 16.9. The molecule has 1 aromatic heterocycles. The van der Waals surface area contributed by atoms with E-state index in [0.717, 1.165) is 43.1 Å². The van der Waals surface area contributed by atoms with Crippen molar-refractivity contribution in [3.63, 3.8) is 0 Å². The van der Waals surface area contributed by atoms with E-state index in [1.807, 2.05) is 19.2 Å². The van der Waals surface area contributed by atoms with Crippen molar-refractivity contribution in [3.8, 4) is 0 Å². The number of nitrogens with one attached hydrogen (secondary N) is 2. The van der Waals surface area contributed by atoms with Crippen molar-refractivity contribution in [1.82, 2.24) is 15.3 Å². The lowest BCUT2D eigenvalue weighted by Gasteiger charge is -2.26. The average molecular weight is 350 g/mol. The van der Waals surface area contributed by atoms with Crippen LogP contribution >= 0.6 is 11.6 Å². The molecule has 2 heterocycles. The number of rotatable bonds is 6. The van der Waals surface area contributed by atoms with E-state index in [2.05, 4.69) is 25.5 Å². The largest absolute Gasteiger partial charge is 0.373 e. The highest BCUT2D eigenvalue weighted by Crippen LogP contribution is 2.24. The first-order valence-electron chi connectivity index (χ1n) is 8.08. The van der Waals surface area contributed by atoms with Gasteiger partial charge in [-0.05, 0) is 30.5 Å². The van der Waals surface area contributed by atoms with Gasteiger partial charge in [0, 0.05) is 38.8 Å². The van der Waals surface area contributed by atoms with Crippen LogP contribution in [0.25, 0.3) is 0 Å². The molecule has 0 radical (unpaired) electrons. The molecule has 5 nitrogen and oxygen atoms in total. The van der Waals surface area contributed by atoms with Gasteiger partial charge in [-0.3, -0.25) is 0 Å². The first-order chi connectivity index (χ1) is 11.7. The monoisotopic (exact) mass is 349 g/mol. The molecule has 0 saturated carbocycles. The maximum absolute atomic E-state index is 13.5. The Morgan fingerprint density at radius 1 is 1.33 bits per heavy atom. The Morgan fingerprint density at radius 3 is 3.00 bits per heavy atom. The van der Waals surface area contributed by atoms with Crippen LogP contribution in [0.1, 0.15) is 18.4 Å². The molecule has 1 unspecified atom stereocenters. The molecule has 0 spiro atoms. The van der Waals surface area contributed by atoms with Crippen LogP contribution in [0.15, 0.2) is 30.6 Å². The summed E-state index contributed by atoms with van der Waals surface area (Å²) in [5.41, 5.74) is 0.890. The minimum atomic E-state index is -0.376. The topological polar surface area (TPSA) is 53.1 Å². The second-order valence-electron chi connectivity index (χ2n) is 5.88. The molecule has 1 saturated heterocycles. The molecule has 1 atom stereocenters. The third-order valence-electron chi connectivity index (χ3n) is 4.27. The molecule has 0 amide bonds. The van der Waals surface area contributed by atoms with Gasteiger partial charge in [-0.1, -0.05) is 17.7 Å². The van der Waals surface area contributed by atoms with Crippen molar-refractivity contribution in [3.05, 3.63) is 47.0 Å². The lowest BCUT2D eigenvalue weighted by Crippen LogP contribution is -2.38. The summed E-state index contributed by atoms with van der Waals surface area (Å²) in [7, 11) is 1.85. The van der Waals surface area contributed by atoms with Gasteiger partial charge in [-0.25, -0.2) is 14.4 Å². The minimum absolute atomic E-state index is 0.157. The fourth-order valence-electron chi connectivity index (χ4n) is 3.02. The summed E-state index contributed by atoms with van der Waals surface area (Å²) < 4.78 is 13.5. The molecule has 3 rings (SSSR count). The Balaban J connectivity index is 1.58. The van der Waals surface area contributed by atoms with Crippen LogP contribution in [0.4, 0.5) is 16.0 Å². The molecule has 1 aliphatic rings. The number of hydrogen-bond donors (Lipinski definition) is 2. The first-order valence-corrected chi connectivity index (χ1v) is 8.46. The van der Waals surface area contributed by atoms with E-state index < -0.39 is 0 Å². The Morgan fingerprint density at radius 2 is 2.21 bits per heavy atom. The normalized spacial score (nSPS) is 17.3. The molecule has 1 aromatic carbocycles. The van der Waals surface area contributed by atoms with Gasteiger partial charge in [-0.2, -0.15) is 0 Å². The van der Waals surface area contributed by atoms with Crippen LogP contribution in [0.2, 0.25) is 5.02 Å². The fourth-order valence-corrected chi connectivity index (χ4v) is 3.14. The van der Waals surface area contributed by atoms with Crippen LogP contribution in [-0.2, 0) is 6.54 Å². The highest BCUT2D eigenvalue weighted by atomic mass is 35.5. The zero-order valence-electron chi connectivity index (χ0n) is 13.6. The van der Waals surface area contributed by atoms with Crippen LogP contribution in [-0.4, -0.2) is 36.1 Å².